The van der Waals surface area contributed by atoms with Gasteiger partial charge in [-0.1, -0.05) is 24.3 Å². The molecule has 1 aliphatic rings. The molecule has 0 saturated carbocycles. The molecule has 6 heteroatoms. The summed E-state index contributed by atoms with van der Waals surface area (Å²) in [6.07, 6.45) is 3.62. The fraction of sp³-hybridized carbons (Fsp3) is 0.182. The second-order valence-corrected chi connectivity index (χ2v) is 6.94. The van der Waals surface area contributed by atoms with Crippen LogP contribution in [0.4, 0.5) is 15.8 Å². The number of nitrogen functional groups attached to an aromatic ring is 1. The fourth-order valence-corrected chi connectivity index (χ4v) is 3.19. The van der Waals surface area contributed by atoms with Crippen LogP contribution in [-0.2, 0) is 6.42 Å². The lowest BCUT2D eigenvalue weighted by molar-refractivity contribution is 0.102. The highest BCUT2D eigenvalue weighted by Crippen LogP contribution is 2.23. The number of benzene rings is 2. The van der Waals surface area contributed by atoms with E-state index in [1.807, 2.05) is 0 Å². The van der Waals surface area contributed by atoms with E-state index in [1.165, 1.54) is 0 Å². The van der Waals surface area contributed by atoms with Crippen LogP contribution in [0.25, 0.3) is 11.3 Å². The van der Waals surface area contributed by atoms with E-state index in [1.54, 1.807) is 60.8 Å². The van der Waals surface area contributed by atoms with E-state index in [0.717, 1.165) is 24.9 Å². The number of anilines is 2. The molecule has 1 aliphatic heterocycles. The van der Waals surface area contributed by atoms with Gasteiger partial charge in [0.1, 0.15) is 11.5 Å². The number of rotatable bonds is 5. The lowest BCUT2D eigenvalue weighted by Crippen LogP contribution is -2.44. The van der Waals surface area contributed by atoms with E-state index in [9.17, 15) is 9.18 Å². The van der Waals surface area contributed by atoms with Gasteiger partial charge in [0.05, 0.1) is 11.4 Å². The molecule has 0 bridgehead atoms. The number of carbonyl (C=O) groups is 1. The Bertz CT molecular complexity index is 1000. The summed E-state index contributed by atoms with van der Waals surface area (Å²) in [5, 5.41) is 6.08. The molecule has 1 fully saturated rings. The van der Waals surface area contributed by atoms with Gasteiger partial charge in [-0.2, -0.15) is 0 Å². The molecular formula is C22H21FN4O. The maximum Gasteiger partial charge on any atom is 0.255 e. The average Bonchev–Trinajstić information content (AvgIpc) is 2.67. The number of nitrogens with zero attached hydrogens (tertiary/aromatic N) is 1. The van der Waals surface area contributed by atoms with Crippen molar-refractivity contribution < 1.29 is 9.18 Å². The Labute approximate surface area is 162 Å². The van der Waals surface area contributed by atoms with E-state index in [2.05, 4.69) is 15.6 Å². The summed E-state index contributed by atoms with van der Waals surface area (Å²) in [5.74, 6) is -0.632. The molecule has 1 unspecified atom stereocenters. The second-order valence-electron chi connectivity index (χ2n) is 6.94. The zero-order valence-corrected chi connectivity index (χ0v) is 15.3. The number of nitrogens with two attached hydrogens (primary N) is 1. The molecule has 28 heavy (non-hydrogen) atoms. The van der Waals surface area contributed by atoms with Crippen LogP contribution < -0.4 is 16.4 Å². The molecule has 1 saturated heterocycles. The number of amides is 1. The van der Waals surface area contributed by atoms with E-state index in [4.69, 9.17) is 5.73 Å². The van der Waals surface area contributed by atoms with Crippen LogP contribution in [0.3, 0.4) is 0 Å². The van der Waals surface area contributed by atoms with Gasteiger partial charge in [0.15, 0.2) is 0 Å². The van der Waals surface area contributed by atoms with Crippen molar-refractivity contribution in [2.24, 2.45) is 0 Å². The number of halogens is 1. The molecule has 0 spiro atoms. The lowest BCUT2D eigenvalue weighted by Gasteiger charge is -2.27. The van der Waals surface area contributed by atoms with Crippen molar-refractivity contribution in [3.8, 4) is 11.3 Å². The summed E-state index contributed by atoms with van der Waals surface area (Å²) < 4.78 is 14.5. The number of nitrogens with one attached hydrogen (secondary N) is 2. The standard InChI is InChI=1S/C22H21FN4O/c23-18-12-14(11-17-9-10-25-17)13-26-21(18)15-5-7-16(8-6-15)22(28)27-20-4-2-1-3-19(20)24/h1-8,12-13,17,25H,9-11,24H2,(H,27,28). The third-order valence-corrected chi connectivity index (χ3v) is 4.94. The minimum atomic E-state index is -0.355. The first-order valence-electron chi connectivity index (χ1n) is 9.24. The van der Waals surface area contributed by atoms with Crippen LogP contribution in [0.5, 0.6) is 0 Å². The predicted octanol–water partition coefficient (Wildman–Crippen LogP) is 3.63. The molecule has 3 aromatic rings. The Morgan fingerprint density at radius 3 is 2.61 bits per heavy atom. The molecular weight excluding hydrogens is 355 g/mol. The van der Waals surface area contributed by atoms with Gasteiger partial charge < -0.3 is 16.4 Å². The van der Waals surface area contributed by atoms with E-state index < -0.39 is 0 Å². The maximum atomic E-state index is 14.5. The number of aromatic nitrogens is 1. The van der Waals surface area contributed by atoms with Gasteiger partial charge in [-0.25, -0.2) is 4.39 Å². The zero-order chi connectivity index (χ0) is 19.5. The van der Waals surface area contributed by atoms with Crippen LogP contribution >= 0.6 is 0 Å². The topological polar surface area (TPSA) is 80.0 Å². The molecule has 4 N–H and O–H groups in total. The molecule has 142 valence electrons. The lowest BCUT2D eigenvalue weighted by atomic mass is 9.98. The van der Waals surface area contributed by atoms with Gasteiger partial charge in [0, 0.05) is 23.4 Å². The number of carbonyl (C=O) groups excluding carboxylic acids is 1. The van der Waals surface area contributed by atoms with Crippen LogP contribution in [0, 0.1) is 5.82 Å². The van der Waals surface area contributed by atoms with Gasteiger partial charge >= 0.3 is 0 Å². The van der Waals surface area contributed by atoms with Crippen molar-refractivity contribution in [3.63, 3.8) is 0 Å². The molecule has 0 aliphatic carbocycles. The molecule has 4 rings (SSSR count). The Kier molecular flexibility index (Phi) is 5.04. The van der Waals surface area contributed by atoms with E-state index in [-0.39, 0.29) is 17.4 Å². The first-order chi connectivity index (χ1) is 13.6. The highest BCUT2D eigenvalue weighted by molar-refractivity contribution is 6.05. The predicted molar refractivity (Wildman–Crippen MR) is 109 cm³/mol. The summed E-state index contributed by atoms with van der Waals surface area (Å²) in [7, 11) is 0. The highest BCUT2D eigenvalue weighted by Gasteiger charge is 2.18. The van der Waals surface area contributed by atoms with Gasteiger partial charge in [-0.05, 0) is 55.3 Å². The van der Waals surface area contributed by atoms with Crippen molar-refractivity contribution in [1.82, 2.24) is 10.3 Å². The van der Waals surface area contributed by atoms with Crippen molar-refractivity contribution in [1.29, 1.82) is 0 Å². The molecule has 2 heterocycles. The van der Waals surface area contributed by atoms with Gasteiger partial charge in [-0.15, -0.1) is 0 Å². The third-order valence-electron chi connectivity index (χ3n) is 4.94. The number of pyridine rings is 1. The van der Waals surface area contributed by atoms with Crippen LogP contribution in [-0.4, -0.2) is 23.5 Å². The van der Waals surface area contributed by atoms with Crippen molar-refractivity contribution in [3.05, 3.63) is 77.7 Å². The minimum absolute atomic E-state index is 0.277. The van der Waals surface area contributed by atoms with Gasteiger partial charge in [0.25, 0.3) is 5.91 Å². The number of hydrogen-bond donors (Lipinski definition) is 3. The monoisotopic (exact) mass is 376 g/mol. The average molecular weight is 376 g/mol. The summed E-state index contributed by atoms with van der Waals surface area (Å²) in [6, 6.07) is 15.7. The van der Waals surface area contributed by atoms with Gasteiger partial charge in [0.2, 0.25) is 0 Å². The largest absolute Gasteiger partial charge is 0.397 e. The first kappa shape index (κ1) is 18.1. The molecule has 5 nitrogen and oxygen atoms in total. The summed E-state index contributed by atoms with van der Waals surface area (Å²) in [5.41, 5.74) is 9.15. The Balaban J connectivity index is 1.48. The summed E-state index contributed by atoms with van der Waals surface area (Å²) >= 11 is 0. The Morgan fingerprint density at radius 2 is 1.96 bits per heavy atom. The molecule has 1 atom stereocenters. The number of hydrogen-bond acceptors (Lipinski definition) is 4. The van der Waals surface area contributed by atoms with Gasteiger partial charge in [-0.3, -0.25) is 9.78 Å². The fourth-order valence-electron chi connectivity index (χ4n) is 3.19. The molecule has 0 radical (unpaired) electrons. The molecule has 1 amide bonds. The second kappa shape index (κ2) is 7.78. The van der Waals surface area contributed by atoms with Crippen LogP contribution in [0.15, 0.2) is 60.8 Å². The Morgan fingerprint density at radius 1 is 1.21 bits per heavy atom. The minimum Gasteiger partial charge on any atom is -0.397 e. The third kappa shape index (κ3) is 3.87. The summed E-state index contributed by atoms with van der Waals surface area (Å²) in [6.45, 7) is 1.02. The quantitative estimate of drug-likeness (QED) is 0.594. The SMILES string of the molecule is Nc1ccccc1NC(=O)c1ccc(-c2ncc(CC3CCN3)cc2F)cc1. The van der Waals surface area contributed by atoms with Crippen molar-refractivity contribution in [2.75, 3.05) is 17.6 Å². The number of para-hydroxylation sites is 2. The smallest absolute Gasteiger partial charge is 0.255 e. The molecule has 1 aromatic heterocycles. The van der Waals surface area contributed by atoms with E-state index >= 15 is 0 Å². The van der Waals surface area contributed by atoms with E-state index in [0.29, 0.717) is 28.5 Å². The van der Waals surface area contributed by atoms with Crippen LogP contribution in [0.1, 0.15) is 22.3 Å². The van der Waals surface area contributed by atoms with Crippen molar-refractivity contribution >= 4 is 17.3 Å². The summed E-state index contributed by atoms with van der Waals surface area (Å²) in [4.78, 5) is 16.7. The zero-order valence-electron chi connectivity index (χ0n) is 15.3. The Hall–Kier alpha value is -3.25. The molecule has 2 aromatic carbocycles. The first-order valence-corrected chi connectivity index (χ1v) is 9.24. The van der Waals surface area contributed by atoms with Crippen molar-refractivity contribution in [2.45, 2.75) is 18.9 Å². The normalized spacial score (nSPS) is 15.7. The maximum absolute atomic E-state index is 14.5. The van der Waals surface area contributed by atoms with Crippen LogP contribution in [0.2, 0.25) is 0 Å². The highest BCUT2D eigenvalue weighted by atomic mass is 19.1.